The standard InChI is InChI=1S/C40H35Cl2F2N5O2/c1-20-28-17-33(32-16-26(19-48(32)40(50)21-10-11-21)51-25-7-2-6-24(43)15-25)49(38-23-14-31(38)46-18-23)39(28)29-13-22(5-4-12-45)34(36(44)37(29)47-20)27-8-3-9-30(41)35(27)42/h2-3,6-9,13,15,17,21,23,26,31-32,38,46H,4-5,10-11,14,16,18-19H2,1H3/t23-,26+,31-,32-,38+/m1/s1. The lowest BCUT2D eigenvalue weighted by molar-refractivity contribution is -0.133. The maximum atomic E-state index is 17.1. The Morgan fingerprint density at radius 3 is 2.65 bits per heavy atom. The summed E-state index contributed by atoms with van der Waals surface area (Å²) in [4.78, 5) is 20.8. The molecule has 2 aromatic heterocycles. The summed E-state index contributed by atoms with van der Waals surface area (Å²) < 4.78 is 40.0. The molecule has 11 heteroatoms. The first-order chi connectivity index (χ1) is 24.7. The van der Waals surface area contributed by atoms with Crippen molar-refractivity contribution in [2.24, 2.45) is 11.8 Å². The lowest BCUT2D eigenvalue weighted by atomic mass is 9.79. The molecule has 2 aliphatic carbocycles. The highest BCUT2D eigenvalue weighted by atomic mass is 35.5. The summed E-state index contributed by atoms with van der Waals surface area (Å²) in [5, 5.41) is 15.4. The Hall–Kier alpha value is -4.23. The average Bonchev–Trinajstić information content (AvgIpc) is 3.39. The highest BCUT2D eigenvalue weighted by Crippen LogP contribution is 2.51. The molecule has 5 aliphatic rings. The van der Waals surface area contributed by atoms with E-state index in [1.165, 1.54) is 12.1 Å². The molecule has 0 spiro atoms. The smallest absolute Gasteiger partial charge is 0.226 e. The number of aryl methyl sites for hydroxylation is 2. The lowest BCUT2D eigenvalue weighted by Crippen LogP contribution is -2.41. The number of carbonyl (C=O) groups excluding carboxylic acids is 1. The highest BCUT2D eigenvalue weighted by Gasteiger charge is 2.51. The molecule has 3 saturated heterocycles. The summed E-state index contributed by atoms with van der Waals surface area (Å²) in [6.45, 7) is 3.18. The Morgan fingerprint density at radius 2 is 1.92 bits per heavy atom. The van der Waals surface area contributed by atoms with E-state index in [1.54, 1.807) is 30.3 Å². The minimum absolute atomic E-state index is 0.00226. The SMILES string of the molecule is Cc1nc2c(F)c(-c3cccc(Cl)c3Cl)c(CCC#N)cc2c2c1cc([C@H]1C[C@H](Oc3cccc(F)c3)CN1C(=O)C1CC1)n2[C@H]1[C@H]2CN[C@@H]1C2. The van der Waals surface area contributed by atoms with E-state index in [9.17, 15) is 14.4 Å². The molecule has 2 saturated carbocycles. The minimum Gasteiger partial charge on any atom is -0.488 e. The van der Waals surface area contributed by atoms with E-state index in [1.807, 2.05) is 17.9 Å². The molecule has 5 heterocycles. The first-order valence-electron chi connectivity index (χ1n) is 17.7. The highest BCUT2D eigenvalue weighted by molar-refractivity contribution is 6.43. The van der Waals surface area contributed by atoms with Crippen molar-refractivity contribution in [3.63, 3.8) is 0 Å². The number of carbonyl (C=O) groups is 1. The summed E-state index contributed by atoms with van der Waals surface area (Å²) in [6.07, 6.45) is 3.48. The van der Waals surface area contributed by atoms with Crippen molar-refractivity contribution in [1.29, 1.82) is 5.26 Å². The van der Waals surface area contributed by atoms with Crippen molar-refractivity contribution in [2.45, 2.75) is 69.7 Å². The Morgan fingerprint density at radius 1 is 1.10 bits per heavy atom. The van der Waals surface area contributed by atoms with Crippen LogP contribution in [0.1, 0.15) is 61.1 Å². The van der Waals surface area contributed by atoms with Crippen LogP contribution in [0.15, 0.2) is 54.6 Å². The maximum absolute atomic E-state index is 17.1. The third-order valence-electron chi connectivity index (χ3n) is 11.3. The second-order valence-corrected chi connectivity index (χ2v) is 15.3. The number of aromatic nitrogens is 2. The summed E-state index contributed by atoms with van der Waals surface area (Å²) in [5.74, 6) is 0.0468. The lowest BCUT2D eigenvalue weighted by Gasteiger charge is -2.39. The molecule has 10 rings (SSSR count). The van der Waals surface area contributed by atoms with Gasteiger partial charge in [0.05, 0.1) is 40.3 Å². The van der Waals surface area contributed by atoms with Gasteiger partial charge in [-0.2, -0.15) is 5.26 Å². The van der Waals surface area contributed by atoms with Gasteiger partial charge in [-0.25, -0.2) is 13.8 Å². The zero-order valence-electron chi connectivity index (χ0n) is 27.9. The van der Waals surface area contributed by atoms with Gasteiger partial charge in [-0.3, -0.25) is 4.79 Å². The van der Waals surface area contributed by atoms with Crippen LogP contribution in [0.25, 0.3) is 32.9 Å². The van der Waals surface area contributed by atoms with Gasteiger partial charge in [0.15, 0.2) is 5.82 Å². The number of likely N-dealkylation sites (tertiary alicyclic amines) is 1. The number of nitriles is 1. The number of fused-ring (bicyclic) bond motifs is 4. The maximum Gasteiger partial charge on any atom is 0.226 e. The van der Waals surface area contributed by atoms with Gasteiger partial charge in [0.2, 0.25) is 5.91 Å². The van der Waals surface area contributed by atoms with Gasteiger partial charge in [0, 0.05) is 70.7 Å². The molecule has 1 amide bonds. The van der Waals surface area contributed by atoms with E-state index >= 15 is 4.39 Å². The number of pyridine rings is 1. The van der Waals surface area contributed by atoms with Crippen molar-refractivity contribution in [1.82, 2.24) is 19.8 Å². The molecule has 3 aromatic carbocycles. The molecule has 5 atom stereocenters. The molecule has 7 nitrogen and oxygen atoms in total. The third-order valence-corrected chi connectivity index (χ3v) is 12.2. The molecule has 51 heavy (non-hydrogen) atoms. The summed E-state index contributed by atoms with van der Waals surface area (Å²) in [6, 6.07) is 17.7. The molecule has 0 radical (unpaired) electrons. The van der Waals surface area contributed by atoms with Crippen LogP contribution in [0.3, 0.4) is 0 Å². The monoisotopic (exact) mass is 725 g/mol. The average molecular weight is 727 g/mol. The number of rotatable bonds is 8. The fourth-order valence-corrected chi connectivity index (χ4v) is 9.20. The molecule has 1 N–H and O–H groups in total. The normalized spacial score (nSPS) is 23.9. The van der Waals surface area contributed by atoms with Crippen LogP contribution in [-0.4, -0.2) is 45.6 Å². The predicted octanol–water partition coefficient (Wildman–Crippen LogP) is 8.87. The van der Waals surface area contributed by atoms with Gasteiger partial charge in [0.1, 0.15) is 23.2 Å². The van der Waals surface area contributed by atoms with Crippen LogP contribution in [0, 0.1) is 41.7 Å². The van der Waals surface area contributed by atoms with Crippen molar-refractivity contribution >= 4 is 50.9 Å². The van der Waals surface area contributed by atoms with Gasteiger partial charge < -0.3 is 19.5 Å². The van der Waals surface area contributed by atoms with E-state index in [0.717, 1.165) is 42.4 Å². The Balaban J connectivity index is 1.26. The number of nitrogens with one attached hydrogen (secondary N) is 1. The minimum atomic E-state index is -0.506. The second kappa shape index (κ2) is 12.5. The molecule has 3 aliphatic heterocycles. The molecular formula is C40H35Cl2F2N5O2. The Bertz CT molecular complexity index is 2290. The van der Waals surface area contributed by atoms with Crippen LogP contribution >= 0.6 is 23.2 Å². The van der Waals surface area contributed by atoms with Crippen LogP contribution in [0.5, 0.6) is 5.75 Å². The van der Waals surface area contributed by atoms with Crippen LogP contribution in [0.4, 0.5) is 8.78 Å². The summed E-state index contributed by atoms with van der Waals surface area (Å²) >= 11 is 13.1. The predicted molar refractivity (Wildman–Crippen MR) is 193 cm³/mol. The number of hydrogen-bond donors (Lipinski definition) is 1. The molecule has 260 valence electrons. The largest absolute Gasteiger partial charge is 0.488 e. The first kappa shape index (κ1) is 32.7. The Labute approximate surface area is 304 Å². The zero-order valence-corrected chi connectivity index (χ0v) is 29.4. The number of ether oxygens (including phenoxy) is 1. The van der Waals surface area contributed by atoms with Crippen LogP contribution < -0.4 is 10.1 Å². The van der Waals surface area contributed by atoms with E-state index in [2.05, 4.69) is 22.0 Å². The van der Waals surface area contributed by atoms with E-state index in [4.69, 9.17) is 32.9 Å². The van der Waals surface area contributed by atoms with Gasteiger partial charge in [-0.1, -0.05) is 41.4 Å². The number of halogens is 4. The third kappa shape index (κ3) is 5.37. The van der Waals surface area contributed by atoms with Gasteiger partial charge in [-0.05, 0) is 74.4 Å². The van der Waals surface area contributed by atoms with E-state index in [-0.39, 0.29) is 58.8 Å². The van der Waals surface area contributed by atoms with E-state index < -0.39 is 5.82 Å². The van der Waals surface area contributed by atoms with Gasteiger partial charge in [0.25, 0.3) is 0 Å². The quantitative estimate of drug-likeness (QED) is 0.173. The number of hydrogen-bond acceptors (Lipinski definition) is 5. The van der Waals surface area contributed by atoms with Crippen LogP contribution in [-0.2, 0) is 11.2 Å². The Kier molecular flexibility index (Phi) is 7.99. The van der Waals surface area contributed by atoms with Crippen molar-refractivity contribution in [3.05, 3.63) is 93.2 Å². The molecular weight excluding hydrogens is 691 g/mol. The summed E-state index contributed by atoms with van der Waals surface area (Å²) in [5.41, 5.74) is 4.16. The fourth-order valence-electron chi connectivity index (χ4n) is 8.80. The molecule has 0 unspecified atom stereocenters. The number of amides is 1. The first-order valence-corrected chi connectivity index (χ1v) is 18.4. The molecule has 5 fully saturated rings. The molecule has 5 aromatic rings. The number of nitrogens with zero attached hydrogens (tertiary/aromatic N) is 4. The summed E-state index contributed by atoms with van der Waals surface area (Å²) in [7, 11) is 0. The number of benzene rings is 3. The fraction of sp³-hybridized carbons (Fsp3) is 0.375. The second-order valence-electron chi connectivity index (χ2n) is 14.5. The van der Waals surface area contributed by atoms with E-state index in [0.29, 0.717) is 63.8 Å². The van der Waals surface area contributed by atoms with Crippen molar-refractivity contribution < 1.29 is 18.3 Å². The topological polar surface area (TPSA) is 83.2 Å². The van der Waals surface area contributed by atoms with Gasteiger partial charge in [-0.15, -0.1) is 0 Å². The zero-order chi connectivity index (χ0) is 35.1. The molecule has 2 bridgehead atoms. The van der Waals surface area contributed by atoms with Gasteiger partial charge >= 0.3 is 0 Å². The van der Waals surface area contributed by atoms with Crippen molar-refractivity contribution in [3.8, 4) is 22.9 Å². The van der Waals surface area contributed by atoms with Crippen LogP contribution in [0.2, 0.25) is 10.0 Å². The van der Waals surface area contributed by atoms with Crippen molar-refractivity contribution in [2.75, 3.05) is 13.1 Å².